The SMILES string of the molecule is Cc1ccc(N2CCC(N3CCCNCC3)C2)cc1. The third-order valence-corrected chi connectivity index (χ3v) is 4.45. The van der Waals surface area contributed by atoms with E-state index >= 15 is 0 Å². The van der Waals surface area contributed by atoms with Crippen molar-refractivity contribution in [2.24, 2.45) is 0 Å². The highest BCUT2D eigenvalue weighted by Crippen LogP contribution is 2.23. The number of benzene rings is 1. The van der Waals surface area contributed by atoms with Crippen LogP contribution in [0.15, 0.2) is 24.3 Å². The Hall–Kier alpha value is -1.06. The average Bonchev–Trinajstić information content (AvgIpc) is 2.76. The number of aryl methyl sites for hydroxylation is 1. The van der Waals surface area contributed by atoms with Crippen LogP contribution in [0.4, 0.5) is 5.69 Å². The number of hydrogen-bond acceptors (Lipinski definition) is 3. The Morgan fingerprint density at radius 3 is 2.74 bits per heavy atom. The third-order valence-electron chi connectivity index (χ3n) is 4.45. The van der Waals surface area contributed by atoms with Gasteiger partial charge < -0.3 is 10.2 Å². The van der Waals surface area contributed by atoms with Crippen molar-refractivity contribution in [1.29, 1.82) is 0 Å². The molecule has 1 aromatic rings. The summed E-state index contributed by atoms with van der Waals surface area (Å²) >= 11 is 0. The van der Waals surface area contributed by atoms with Gasteiger partial charge in [0, 0.05) is 37.9 Å². The maximum absolute atomic E-state index is 3.49. The molecule has 1 atom stereocenters. The van der Waals surface area contributed by atoms with Crippen molar-refractivity contribution in [2.45, 2.75) is 25.8 Å². The first-order chi connectivity index (χ1) is 9.33. The van der Waals surface area contributed by atoms with Crippen LogP contribution in [-0.4, -0.2) is 50.2 Å². The van der Waals surface area contributed by atoms with E-state index in [1.807, 2.05) is 0 Å². The van der Waals surface area contributed by atoms with Crippen LogP contribution in [0.5, 0.6) is 0 Å². The van der Waals surface area contributed by atoms with E-state index in [0.717, 1.165) is 12.6 Å². The molecule has 104 valence electrons. The Morgan fingerprint density at radius 2 is 1.89 bits per heavy atom. The van der Waals surface area contributed by atoms with E-state index in [1.54, 1.807) is 0 Å². The molecule has 3 heteroatoms. The van der Waals surface area contributed by atoms with E-state index in [1.165, 1.54) is 56.8 Å². The summed E-state index contributed by atoms with van der Waals surface area (Å²) in [5.41, 5.74) is 2.74. The molecule has 0 spiro atoms. The normalized spacial score (nSPS) is 25.5. The fourth-order valence-electron chi connectivity index (χ4n) is 3.26. The molecular weight excluding hydrogens is 234 g/mol. The van der Waals surface area contributed by atoms with Gasteiger partial charge in [0.2, 0.25) is 0 Å². The van der Waals surface area contributed by atoms with Gasteiger partial charge in [0.05, 0.1) is 0 Å². The first-order valence-electron chi connectivity index (χ1n) is 7.59. The van der Waals surface area contributed by atoms with E-state index in [0.29, 0.717) is 0 Å². The van der Waals surface area contributed by atoms with Crippen LogP contribution in [0.2, 0.25) is 0 Å². The molecule has 1 N–H and O–H groups in total. The molecule has 0 aliphatic carbocycles. The number of hydrogen-bond donors (Lipinski definition) is 1. The molecule has 0 amide bonds. The fraction of sp³-hybridized carbons (Fsp3) is 0.625. The summed E-state index contributed by atoms with van der Waals surface area (Å²) in [5, 5.41) is 3.49. The molecule has 19 heavy (non-hydrogen) atoms. The number of rotatable bonds is 2. The van der Waals surface area contributed by atoms with Gasteiger partial charge in [-0.05, 0) is 45.0 Å². The van der Waals surface area contributed by atoms with Gasteiger partial charge in [-0.25, -0.2) is 0 Å². The molecule has 0 aromatic heterocycles. The quantitative estimate of drug-likeness (QED) is 0.875. The van der Waals surface area contributed by atoms with Crippen molar-refractivity contribution < 1.29 is 0 Å². The highest BCUT2D eigenvalue weighted by atomic mass is 15.3. The Morgan fingerprint density at radius 1 is 1.05 bits per heavy atom. The molecule has 2 aliphatic heterocycles. The molecule has 0 radical (unpaired) electrons. The van der Waals surface area contributed by atoms with Crippen LogP contribution in [0.1, 0.15) is 18.4 Å². The summed E-state index contributed by atoms with van der Waals surface area (Å²) in [6.07, 6.45) is 2.61. The van der Waals surface area contributed by atoms with E-state index in [2.05, 4.69) is 46.3 Å². The van der Waals surface area contributed by atoms with E-state index in [-0.39, 0.29) is 0 Å². The van der Waals surface area contributed by atoms with Crippen molar-refractivity contribution in [1.82, 2.24) is 10.2 Å². The lowest BCUT2D eigenvalue weighted by Gasteiger charge is -2.27. The van der Waals surface area contributed by atoms with Gasteiger partial charge in [0.15, 0.2) is 0 Å². The van der Waals surface area contributed by atoms with Gasteiger partial charge in [0.25, 0.3) is 0 Å². The standard InChI is InChI=1S/C16H25N3/c1-14-3-5-15(6-4-14)19-11-7-16(13-19)18-10-2-8-17-9-12-18/h3-6,16-17H,2,7-13H2,1H3. The van der Waals surface area contributed by atoms with Crippen LogP contribution in [0.25, 0.3) is 0 Å². The zero-order valence-electron chi connectivity index (χ0n) is 11.9. The van der Waals surface area contributed by atoms with Crippen molar-refractivity contribution >= 4 is 5.69 Å². The molecule has 2 fully saturated rings. The molecule has 3 rings (SSSR count). The van der Waals surface area contributed by atoms with Crippen LogP contribution in [0.3, 0.4) is 0 Å². The Kier molecular flexibility index (Phi) is 4.04. The fourth-order valence-corrected chi connectivity index (χ4v) is 3.26. The van der Waals surface area contributed by atoms with E-state index in [9.17, 15) is 0 Å². The van der Waals surface area contributed by atoms with Crippen molar-refractivity contribution in [2.75, 3.05) is 44.2 Å². The van der Waals surface area contributed by atoms with Gasteiger partial charge in [-0.1, -0.05) is 17.7 Å². The summed E-state index contributed by atoms with van der Waals surface area (Å²) in [6.45, 7) is 9.37. The Balaban J connectivity index is 1.61. The van der Waals surface area contributed by atoms with Gasteiger partial charge in [-0.2, -0.15) is 0 Å². The molecule has 2 aliphatic rings. The second-order valence-electron chi connectivity index (χ2n) is 5.86. The van der Waals surface area contributed by atoms with Crippen LogP contribution < -0.4 is 10.2 Å². The van der Waals surface area contributed by atoms with Gasteiger partial charge in [0.1, 0.15) is 0 Å². The summed E-state index contributed by atoms with van der Waals surface area (Å²) in [7, 11) is 0. The summed E-state index contributed by atoms with van der Waals surface area (Å²) in [6, 6.07) is 9.72. The minimum atomic E-state index is 0.751. The monoisotopic (exact) mass is 259 g/mol. The van der Waals surface area contributed by atoms with Gasteiger partial charge >= 0.3 is 0 Å². The number of anilines is 1. The topological polar surface area (TPSA) is 18.5 Å². The van der Waals surface area contributed by atoms with E-state index in [4.69, 9.17) is 0 Å². The van der Waals surface area contributed by atoms with Gasteiger partial charge in [-0.15, -0.1) is 0 Å². The summed E-state index contributed by atoms with van der Waals surface area (Å²) in [5.74, 6) is 0. The van der Waals surface area contributed by atoms with Crippen LogP contribution in [0, 0.1) is 6.92 Å². The molecular formula is C16H25N3. The van der Waals surface area contributed by atoms with Crippen molar-refractivity contribution in [3.63, 3.8) is 0 Å². The Bertz CT molecular complexity index is 393. The highest BCUT2D eigenvalue weighted by Gasteiger charge is 2.27. The highest BCUT2D eigenvalue weighted by molar-refractivity contribution is 5.48. The first kappa shape index (κ1) is 12.9. The molecule has 2 heterocycles. The molecule has 0 bridgehead atoms. The second kappa shape index (κ2) is 5.93. The molecule has 1 aromatic carbocycles. The Labute approximate surface area is 116 Å². The summed E-state index contributed by atoms with van der Waals surface area (Å²) < 4.78 is 0. The predicted octanol–water partition coefficient (Wildman–Crippen LogP) is 1.87. The second-order valence-corrected chi connectivity index (χ2v) is 5.86. The summed E-state index contributed by atoms with van der Waals surface area (Å²) in [4.78, 5) is 5.23. The van der Waals surface area contributed by atoms with E-state index < -0.39 is 0 Å². The minimum Gasteiger partial charge on any atom is -0.370 e. The molecule has 1 unspecified atom stereocenters. The zero-order chi connectivity index (χ0) is 13.1. The number of nitrogens with one attached hydrogen (secondary N) is 1. The predicted molar refractivity (Wildman–Crippen MR) is 80.9 cm³/mol. The molecule has 2 saturated heterocycles. The van der Waals surface area contributed by atoms with Gasteiger partial charge in [-0.3, -0.25) is 4.90 Å². The number of nitrogens with zero attached hydrogens (tertiary/aromatic N) is 2. The van der Waals surface area contributed by atoms with Crippen molar-refractivity contribution in [3.05, 3.63) is 29.8 Å². The average molecular weight is 259 g/mol. The van der Waals surface area contributed by atoms with Crippen molar-refractivity contribution in [3.8, 4) is 0 Å². The molecule has 3 nitrogen and oxygen atoms in total. The largest absolute Gasteiger partial charge is 0.370 e. The smallest absolute Gasteiger partial charge is 0.0366 e. The lowest BCUT2D eigenvalue weighted by Crippen LogP contribution is -2.39. The maximum atomic E-state index is 3.49. The molecule has 0 saturated carbocycles. The maximum Gasteiger partial charge on any atom is 0.0366 e. The zero-order valence-corrected chi connectivity index (χ0v) is 11.9. The van der Waals surface area contributed by atoms with Crippen LogP contribution >= 0.6 is 0 Å². The lowest BCUT2D eigenvalue weighted by atomic mass is 10.2. The minimum absolute atomic E-state index is 0.751. The van der Waals surface area contributed by atoms with Crippen LogP contribution in [-0.2, 0) is 0 Å². The first-order valence-corrected chi connectivity index (χ1v) is 7.59. The third kappa shape index (κ3) is 3.10. The lowest BCUT2D eigenvalue weighted by molar-refractivity contribution is 0.224.